The molecule has 2 aromatic heterocycles. The predicted molar refractivity (Wildman–Crippen MR) is 95.7 cm³/mol. The molecule has 24 heavy (non-hydrogen) atoms. The molecule has 0 aromatic carbocycles. The first-order chi connectivity index (χ1) is 10.8. The lowest BCUT2D eigenvalue weighted by molar-refractivity contribution is 0.0917. The van der Waals surface area contributed by atoms with Crippen molar-refractivity contribution >= 4 is 29.4 Å². The van der Waals surface area contributed by atoms with Crippen molar-refractivity contribution in [1.82, 2.24) is 15.5 Å². The number of halogens is 1. The molecule has 1 aliphatic rings. The monoisotopic (exact) mass is 352 g/mol. The molecule has 1 fully saturated rings. The lowest BCUT2D eigenvalue weighted by atomic mass is 10.00. The lowest BCUT2D eigenvalue weighted by Gasteiger charge is -2.24. The summed E-state index contributed by atoms with van der Waals surface area (Å²) in [5, 5.41) is 7.85. The van der Waals surface area contributed by atoms with Crippen LogP contribution in [0.5, 0.6) is 0 Å². The standard InChI is InChI=1S/C17H24N4O2.ClH/c1-9(2)14-13-11(15(22)20-17(3,4)8-18)7-12(10-5-6-10)19-16(13)23-21-14;/h7,9-10H,5-6,8,18H2,1-4H3,(H,20,22);1H. The fraction of sp³-hybridized carbons (Fsp3) is 0.588. The number of hydrogen-bond donors (Lipinski definition) is 2. The molecular weight excluding hydrogens is 328 g/mol. The third-order valence-electron chi connectivity index (χ3n) is 4.24. The van der Waals surface area contributed by atoms with Crippen LogP contribution in [0.4, 0.5) is 0 Å². The average Bonchev–Trinajstić information content (AvgIpc) is 3.24. The summed E-state index contributed by atoms with van der Waals surface area (Å²) >= 11 is 0. The number of aromatic nitrogens is 2. The van der Waals surface area contributed by atoms with Gasteiger partial charge < -0.3 is 15.6 Å². The molecule has 132 valence electrons. The Morgan fingerprint density at radius 3 is 2.67 bits per heavy atom. The van der Waals surface area contributed by atoms with Gasteiger partial charge in [-0.25, -0.2) is 4.98 Å². The van der Waals surface area contributed by atoms with Gasteiger partial charge in [-0.1, -0.05) is 19.0 Å². The number of fused-ring (bicyclic) bond motifs is 1. The second-order valence-corrected chi connectivity index (χ2v) is 7.31. The van der Waals surface area contributed by atoms with Crippen molar-refractivity contribution in [3.8, 4) is 0 Å². The third-order valence-corrected chi connectivity index (χ3v) is 4.24. The zero-order chi connectivity index (χ0) is 16.8. The molecule has 2 heterocycles. The summed E-state index contributed by atoms with van der Waals surface area (Å²) in [5.41, 5.74) is 7.99. The minimum absolute atomic E-state index is 0. The van der Waals surface area contributed by atoms with Crippen LogP contribution in [0.25, 0.3) is 11.1 Å². The Balaban J connectivity index is 0.00000208. The van der Waals surface area contributed by atoms with E-state index >= 15 is 0 Å². The highest BCUT2D eigenvalue weighted by Crippen LogP contribution is 2.41. The zero-order valence-corrected chi connectivity index (χ0v) is 15.4. The van der Waals surface area contributed by atoms with Crippen molar-refractivity contribution < 1.29 is 9.32 Å². The quantitative estimate of drug-likeness (QED) is 0.862. The van der Waals surface area contributed by atoms with Gasteiger partial charge in [0, 0.05) is 23.7 Å². The van der Waals surface area contributed by atoms with Crippen molar-refractivity contribution in [1.29, 1.82) is 0 Å². The van der Waals surface area contributed by atoms with E-state index in [9.17, 15) is 4.79 Å². The van der Waals surface area contributed by atoms with E-state index < -0.39 is 5.54 Å². The van der Waals surface area contributed by atoms with Gasteiger partial charge in [0.2, 0.25) is 0 Å². The molecule has 0 saturated heterocycles. The molecule has 1 aliphatic carbocycles. The summed E-state index contributed by atoms with van der Waals surface area (Å²) in [6.45, 7) is 8.22. The summed E-state index contributed by atoms with van der Waals surface area (Å²) in [7, 11) is 0. The minimum Gasteiger partial charge on any atom is -0.346 e. The van der Waals surface area contributed by atoms with Crippen LogP contribution in [0.1, 0.15) is 74.1 Å². The molecule has 2 aromatic rings. The van der Waals surface area contributed by atoms with E-state index in [1.807, 2.05) is 33.8 Å². The number of carbonyl (C=O) groups is 1. The van der Waals surface area contributed by atoms with Crippen molar-refractivity contribution in [3.05, 3.63) is 23.0 Å². The summed E-state index contributed by atoms with van der Waals surface area (Å²) in [6.07, 6.45) is 2.22. The van der Waals surface area contributed by atoms with Crippen LogP contribution in [0.2, 0.25) is 0 Å². The Bertz CT molecular complexity index is 750. The molecule has 0 aliphatic heterocycles. The highest BCUT2D eigenvalue weighted by Gasteiger charge is 2.30. The maximum atomic E-state index is 12.8. The fourth-order valence-corrected chi connectivity index (χ4v) is 2.58. The number of nitrogens with one attached hydrogen (secondary N) is 1. The Kier molecular flexibility index (Phi) is 5.20. The van der Waals surface area contributed by atoms with E-state index in [0.717, 1.165) is 29.6 Å². The normalized spacial score (nSPS) is 14.8. The van der Waals surface area contributed by atoms with E-state index in [0.29, 0.717) is 23.7 Å². The van der Waals surface area contributed by atoms with Gasteiger partial charge in [0.25, 0.3) is 11.6 Å². The maximum absolute atomic E-state index is 12.8. The van der Waals surface area contributed by atoms with Crippen LogP contribution < -0.4 is 11.1 Å². The topological polar surface area (TPSA) is 94.0 Å². The minimum atomic E-state index is -0.471. The molecule has 3 rings (SSSR count). The first kappa shape index (κ1) is 18.7. The molecule has 0 radical (unpaired) electrons. The van der Waals surface area contributed by atoms with Gasteiger partial charge in [-0.05, 0) is 38.7 Å². The second kappa shape index (κ2) is 6.69. The molecule has 6 nitrogen and oxygen atoms in total. The Morgan fingerprint density at radius 2 is 2.12 bits per heavy atom. The Morgan fingerprint density at radius 1 is 1.46 bits per heavy atom. The first-order valence-corrected chi connectivity index (χ1v) is 8.15. The number of rotatable bonds is 5. The highest BCUT2D eigenvalue weighted by molar-refractivity contribution is 6.06. The Labute approximate surface area is 148 Å². The van der Waals surface area contributed by atoms with Crippen LogP contribution in [0.15, 0.2) is 10.6 Å². The van der Waals surface area contributed by atoms with Gasteiger partial charge >= 0.3 is 0 Å². The lowest BCUT2D eigenvalue weighted by Crippen LogP contribution is -2.48. The van der Waals surface area contributed by atoms with Crippen LogP contribution in [0.3, 0.4) is 0 Å². The van der Waals surface area contributed by atoms with Crippen LogP contribution in [-0.2, 0) is 0 Å². The van der Waals surface area contributed by atoms with Gasteiger partial charge in [0.05, 0.1) is 16.6 Å². The fourth-order valence-electron chi connectivity index (χ4n) is 2.58. The van der Waals surface area contributed by atoms with Crippen LogP contribution >= 0.6 is 12.4 Å². The van der Waals surface area contributed by atoms with E-state index in [4.69, 9.17) is 10.3 Å². The number of carbonyl (C=O) groups excluding carboxylic acids is 1. The molecule has 0 bridgehead atoms. The zero-order valence-electron chi connectivity index (χ0n) is 14.5. The number of amides is 1. The molecule has 0 spiro atoms. The molecule has 0 atom stereocenters. The number of nitrogens with zero attached hydrogens (tertiary/aromatic N) is 2. The van der Waals surface area contributed by atoms with Crippen molar-refractivity contribution in [2.75, 3.05) is 6.54 Å². The smallest absolute Gasteiger partial charge is 0.259 e. The molecule has 1 saturated carbocycles. The molecule has 3 N–H and O–H groups in total. The Hall–Kier alpha value is -1.66. The van der Waals surface area contributed by atoms with Crippen molar-refractivity contribution in [2.45, 2.75) is 57.9 Å². The molecule has 0 unspecified atom stereocenters. The van der Waals surface area contributed by atoms with Gasteiger partial charge in [0.15, 0.2) is 0 Å². The summed E-state index contributed by atoms with van der Waals surface area (Å²) in [5.74, 6) is 0.430. The summed E-state index contributed by atoms with van der Waals surface area (Å²) in [6, 6.07) is 1.89. The van der Waals surface area contributed by atoms with Gasteiger partial charge in [0.1, 0.15) is 0 Å². The molecular formula is C17H25ClN4O2. The second-order valence-electron chi connectivity index (χ2n) is 7.31. The predicted octanol–water partition coefficient (Wildman–Crippen LogP) is 3.11. The van der Waals surface area contributed by atoms with E-state index in [-0.39, 0.29) is 24.2 Å². The van der Waals surface area contributed by atoms with Gasteiger partial charge in [-0.2, -0.15) is 0 Å². The largest absolute Gasteiger partial charge is 0.346 e. The van der Waals surface area contributed by atoms with Crippen LogP contribution in [0, 0.1) is 0 Å². The number of nitrogens with two attached hydrogens (primary N) is 1. The highest BCUT2D eigenvalue weighted by atomic mass is 35.5. The number of hydrogen-bond acceptors (Lipinski definition) is 5. The van der Waals surface area contributed by atoms with Crippen molar-refractivity contribution in [3.63, 3.8) is 0 Å². The van der Waals surface area contributed by atoms with Gasteiger partial charge in [-0.15, -0.1) is 12.4 Å². The summed E-state index contributed by atoms with van der Waals surface area (Å²) < 4.78 is 5.41. The first-order valence-electron chi connectivity index (χ1n) is 8.15. The van der Waals surface area contributed by atoms with E-state index in [2.05, 4.69) is 15.5 Å². The maximum Gasteiger partial charge on any atom is 0.259 e. The SMILES string of the molecule is CC(C)c1noc2nc(C3CC3)cc(C(=O)NC(C)(C)CN)c12.Cl. The van der Waals surface area contributed by atoms with Gasteiger partial charge in [-0.3, -0.25) is 4.79 Å². The number of pyridine rings is 1. The summed E-state index contributed by atoms with van der Waals surface area (Å²) in [4.78, 5) is 17.4. The van der Waals surface area contributed by atoms with Crippen molar-refractivity contribution in [2.24, 2.45) is 5.73 Å². The van der Waals surface area contributed by atoms with E-state index in [1.165, 1.54) is 0 Å². The molecule has 1 amide bonds. The van der Waals surface area contributed by atoms with E-state index in [1.54, 1.807) is 0 Å². The third kappa shape index (κ3) is 3.54. The van der Waals surface area contributed by atoms with Crippen LogP contribution in [-0.4, -0.2) is 28.1 Å². The molecule has 7 heteroatoms. The average molecular weight is 353 g/mol.